The van der Waals surface area contributed by atoms with Crippen molar-refractivity contribution >= 4 is 16.0 Å². The second-order valence-electron chi connectivity index (χ2n) is 3.78. The molecule has 1 N–H and O–H groups in total. The molecule has 0 aromatic heterocycles. The number of benzene rings is 1. The number of sulfonamides is 1. The average Bonchev–Trinajstić information content (AvgIpc) is 2.44. The lowest BCUT2D eigenvalue weighted by molar-refractivity contribution is -0.142. The number of carbonyl (C=O) groups excluding carboxylic acids is 1. The molecule has 1 rings (SSSR count). The highest BCUT2D eigenvalue weighted by Gasteiger charge is 2.24. The first-order valence-electron chi connectivity index (χ1n) is 5.68. The number of ether oxygens (including phenoxy) is 2. The topological polar surface area (TPSA) is 81.7 Å². The van der Waals surface area contributed by atoms with Gasteiger partial charge in [-0.2, -0.15) is 4.72 Å². The Morgan fingerprint density at radius 1 is 1.26 bits per heavy atom. The number of nitrogens with one attached hydrogen (secondary N) is 1. The zero-order chi connectivity index (χ0) is 14.5. The zero-order valence-corrected chi connectivity index (χ0v) is 11.9. The summed E-state index contributed by atoms with van der Waals surface area (Å²) in [7, 11) is -1.05. The molecule has 0 bridgehead atoms. The molecular formula is C12H17NO5S. The van der Waals surface area contributed by atoms with E-state index in [2.05, 4.69) is 9.46 Å². The molecule has 0 spiro atoms. The van der Waals surface area contributed by atoms with Gasteiger partial charge in [0.1, 0.15) is 11.8 Å². The molecule has 106 valence electrons. The van der Waals surface area contributed by atoms with Gasteiger partial charge in [-0.25, -0.2) is 8.42 Å². The molecule has 0 saturated heterocycles. The van der Waals surface area contributed by atoms with E-state index in [9.17, 15) is 13.2 Å². The van der Waals surface area contributed by atoms with E-state index < -0.39 is 22.0 Å². The molecule has 0 heterocycles. The summed E-state index contributed by atoms with van der Waals surface area (Å²) in [6.07, 6.45) is 0.308. The van der Waals surface area contributed by atoms with Crippen LogP contribution in [0.4, 0.5) is 0 Å². The number of methoxy groups -OCH3 is 2. The molecule has 1 aromatic rings. The van der Waals surface area contributed by atoms with Crippen molar-refractivity contribution < 1.29 is 22.7 Å². The molecule has 0 fully saturated rings. The van der Waals surface area contributed by atoms with E-state index in [1.54, 1.807) is 6.92 Å². The first-order chi connectivity index (χ1) is 8.94. The van der Waals surface area contributed by atoms with E-state index in [1.807, 2.05) is 0 Å². The van der Waals surface area contributed by atoms with Gasteiger partial charge in [-0.15, -0.1) is 0 Å². The van der Waals surface area contributed by atoms with Crippen LogP contribution < -0.4 is 9.46 Å². The fraction of sp³-hybridized carbons (Fsp3) is 0.417. The van der Waals surface area contributed by atoms with Crippen LogP contribution in [0, 0.1) is 0 Å². The predicted molar refractivity (Wildman–Crippen MR) is 69.4 cm³/mol. The van der Waals surface area contributed by atoms with Gasteiger partial charge < -0.3 is 9.47 Å². The van der Waals surface area contributed by atoms with Crippen molar-refractivity contribution in [3.63, 3.8) is 0 Å². The first kappa shape index (κ1) is 15.5. The number of hydrogen-bond acceptors (Lipinski definition) is 5. The summed E-state index contributed by atoms with van der Waals surface area (Å²) < 4.78 is 35.9. The Hall–Kier alpha value is -1.60. The fourth-order valence-electron chi connectivity index (χ4n) is 1.45. The maximum absolute atomic E-state index is 12.1. The highest BCUT2D eigenvalue weighted by Crippen LogP contribution is 2.16. The highest BCUT2D eigenvalue weighted by molar-refractivity contribution is 7.89. The summed E-state index contributed by atoms with van der Waals surface area (Å²) in [6.45, 7) is 1.69. The van der Waals surface area contributed by atoms with Crippen LogP contribution in [0.25, 0.3) is 0 Å². The molecule has 0 aliphatic carbocycles. The first-order valence-corrected chi connectivity index (χ1v) is 7.17. The lowest BCUT2D eigenvalue weighted by atomic mass is 10.2. The van der Waals surface area contributed by atoms with Crippen LogP contribution in [0.1, 0.15) is 13.3 Å². The number of hydrogen-bond donors (Lipinski definition) is 1. The van der Waals surface area contributed by atoms with Crippen LogP contribution in [0.2, 0.25) is 0 Å². The van der Waals surface area contributed by atoms with Crippen molar-refractivity contribution in [2.24, 2.45) is 0 Å². The molecule has 0 amide bonds. The van der Waals surface area contributed by atoms with Crippen LogP contribution >= 0.6 is 0 Å². The minimum absolute atomic E-state index is 0.0654. The van der Waals surface area contributed by atoms with Crippen LogP contribution in [-0.2, 0) is 19.6 Å². The zero-order valence-electron chi connectivity index (χ0n) is 11.0. The molecule has 19 heavy (non-hydrogen) atoms. The Bertz CT molecular complexity index is 524. The molecule has 1 atom stereocenters. The van der Waals surface area contributed by atoms with E-state index in [-0.39, 0.29) is 4.90 Å². The van der Waals surface area contributed by atoms with Crippen LogP contribution in [0.3, 0.4) is 0 Å². The molecule has 0 aliphatic rings. The quantitative estimate of drug-likeness (QED) is 0.787. The standard InChI is InChI=1S/C12H17NO5S/c1-4-11(12(14)18-3)13-19(15,16)10-7-5-9(17-2)6-8-10/h5-8,11,13H,4H2,1-3H3/t11-/m0/s1. The molecule has 7 heteroatoms. The van der Waals surface area contributed by atoms with Gasteiger partial charge in [0, 0.05) is 0 Å². The number of rotatable bonds is 6. The van der Waals surface area contributed by atoms with Crippen molar-refractivity contribution in [3.8, 4) is 5.75 Å². The monoisotopic (exact) mass is 287 g/mol. The summed E-state index contributed by atoms with van der Waals surface area (Å²) >= 11 is 0. The maximum atomic E-state index is 12.1. The third-order valence-electron chi connectivity index (χ3n) is 2.56. The van der Waals surface area contributed by atoms with Crippen molar-refractivity contribution in [2.75, 3.05) is 14.2 Å². The molecule has 0 saturated carbocycles. The normalized spacial score (nSPS) is 12.8. The Morgan fingerprint density at radius 3 is 2.26 bits per heavy atom. The van der Waals surface area contributed by atoms with Crippen LogP contribution in [0.15, 0.2) is 29.2 Å². The fourth-order valence-corrected chi connectivity index (χ4v) is 2.72. The van der Waals surface area contributed by atoms with Gasteiger partial charge in [-0.3, -0.25) is 4.79 Å². The minimum Gasteiger partial charge on any atom is -0.497 e. The minimum atomic E-state index is -3.76. The summed E-state index contributed by atoms with van der Waals surface area (Å²) in [6, 6.07) is 4.99. The van der Waals surface area contributed by atoms with E-state index in [1.165, 1.54) is 38.5 Å². The smallest absolute Gasteiger partial charge is 0.323 e. The van der Waals surface area contributed by atoms with E-state index in [0.717, 1.165) is 0 Å². The highest BCUT2D eigenvalue weighted by atomic mass is 32.2. The van der Waals surface area contributed by atoms with Gasteiger partial charge in [0.2, 0.25) is 10.0 Å². The van der Waals surface area contributed by atoms with Gasteiger partial charge in [0.15, 0.2) is 0 Å². The molecule has 1 aromatic carbocycles. The van der Waals surface area contributed by atoms with Gasteiger partial charge in [0.25, 0.3) is 0 Å². The summed E-state index contributed by atoms with van der Waals surface area (Å²) in [4.78, 5) is 11.4. The van der Waals surface area contributed by atoms with Gasteiger partial charge in [0.05, 0.1) is 19.1 Å². The number of esters is 1. The maximum Gasteiger partial charge on any atom is 0.323 e. The summed E-state index contributed by atoms with van der Waals surface area (Å²) in [5.41, 5.74) is 0. The van der Waals surface area contributed by atoms with E-state index in [0.29, 0.717) is 12.2 Å². The Kier molecular flexibility index (Phi) is 5.31. The third kappa shape index (κ3) is 3.93. The van der Waals surface area contributed by atoms with Crippen molar-refractivity contribution in [2.45, 2.75) is 24.3 Å². The van der Waals surface area contributed by atoms with Crippen molar-refractivity contribution in [1.82, 2.24) is 4.72 Å². The van der Waals surface area contributed by atoms with E-state index in [4.69, 9.17) is 4.74 Å². The van der Waals surface area contributed by atoms with Gasteiger partial charge in [-0.05, 0) is 30.7 Å². The summed E-state index contributed by atoms with van der Waals surface area (Å²) in [5.74, 6) is -0.0569. The van der Waals surface area contributed by atoms with Gasteiger partial charge >= 0.3 is 5.97 Å². The third-order valence-corrected chi connectivity index (χ3v) is 4.05. The van der Waals surface area contributed by atoms with Crippen LogP contribution in [0.5, 0.6) is 5.75 Å². The lowest BCUT2D eigenvalue weighted by Crippen LogP contribution is -2.40. The predicted octanol–water partition coefficient (Wildman–Crippen LogP) is 0.925. The molecule has 0 unspecified atom stereocenters. The Morgan fingerprint density at radius 2 is 1.84 bits per heavy atom. The van der Waals surface area contributed by atoms with Gasteiger partial charge in [-0.1, -0.05) is 6.92 Å². The average molecular weight is 287 g/mol. The second-order valence-corrected chi connectivity index (χ2v) is 5.49. The molecular weight excluding hydrogens is 270 g/mol. The molecule has 6 nitrogen and oxygen atoms in total. The van der Waals surface area contributed by atoms with E-state index >= 15 is 0 Å². The Balaban J connectivity index is 2.93. The number of carbonyl (C=O) groups is 1. The molecule has 0 radical (unpaired) electrons. The SMILES string of the molecule is CC[C@H](NS(=O)(=O)c1ccc(OC)cc1)C(=O)OC. The Labute approximate surface area is 112 Å². The summed E-state index contributed by atoms with van der Waals surface area (Å²) in [5, 5.41) is 0. The second kappa shape index (κ2) is 6.53. The van der Waals surface area contributed by atoms with Crippen molar-refractivity contribution in [3.05, 3.63) is 24.3 Å². The largest absolute Gasteiger partial charge is 0.497 e. The van der Waals surface area contributed by atoms with Crippen molar-refractivity contribution in [1.29, 1.82) is 0 Å². The lowest BCUT2D eigenvalue weighted by Gasteiger charge is -2.14. The van der Waals surface area contributed by atoms with Crippen LogP contribution in [-0.4, -0.2) is 34.6 Å². The molecule has 0 aliphatic heterocycles.